The molecule has 2 N–H and O–H groups in total. The van der Waals surface area contributed by atoms with E-state index in [0.717, 1.165) is 20.1 Å². The number of benzene rings is 1. The van der Waals surface area contributed by atoms with Gasteiger partial charge in [0.15, 0.2) is 6.10 Å². The number of carbonyl (C=O) groups is 1. The van der Waals surface area contributed by atoms with Crippen molar-refractivity contribution in [3.05, 3.63) is 33.9 Å². The Morgan fingerprint density at radius 2 is 2.20 bits per heavy atom. The second-order valence-electron chi connectivity index (χ2n) is 4.61. The van der Waals surface area contributed by atoms with E-state index in [2.05, 4.69) is 26.3 Å². The van der Waals surface area contributed by atoms with Crippen LogP contribution >= 0.6 is 27.7 Å². The Morgan fingerprint density at radius 3 is 2.85 bits per heavy atom. The van der Waals surface area contributed by atoms with E-state index in [9.17, 15) is 9.90 Å². The van der Waals surface area contributed by atoms with Gasteiger partial charge in [0.05, 0.1) is 10.7 Å². The number of halogens is 1. The summed E-state index contributed by atoms with van der Waals surface area (Å²) in [5.74, 6) is -0.384. The Morgan fingerprint density at radius 1 is 1.45 bits per heavy atom. The minimum atomic E-state index is -1.08. The quantitative estimate of drug-likeness (QED) is 0.870. The van der Waals surface area contributed by atoms with E-state index in [0.29, 0.717) is 11.3 Å². The number of anilines is 1. The van der Waals surface area contributed by atoms with Gasteiger partial charge in [-0.25, -0.2) is 0 Å². The van der Waals surface area contributed by atoms with Gasteiger partial charge in [-0.1, -0.05) is 11.8 Å². The second-order valence-corrected chi connectivity index (χ2v) is 6.53. The van der Waals surface area contributed by atoms with Gasteiger partial charge in [0.2, 0.25) is 0 Å². The van der Waals surface area contributed by atoms with Crippen molar-refractivity contribution in [2.45, 2.75) is 22.9 Å². The molecule has 20 heavy (non-hydrogen) atoms. The molecule has 0 radical (unpaired) electrons. The first-order valence-corrected chi connectivity index (χ1v) is 7.57. The van der Waals surface area contributed by atoms with E-state index in [1.54, 1.807) is 17.8 Å². The van der Waals surface area contributed by atoms with E-state index in [1.807, 2.05) is 30.8 Å². The van der Waals surface area contributed by atoms with Crippen LogP contribution in [0, 0.1) is 6.92 Å². The zero-order valence-corrected chi connectivity index (χ0v) is 13.2. The van der Waals surface area contributed by atoms with Crippen LogP contribution < -0.4 is 5.32 Å². The maximum atomic E-state index is 11.5. The lowest BCUT2D eigenvalue weighted by Crippen LogP contribution is -2.10. The number of nitrogens with zero attached hydrogens (tertiary/aromatic N) is 2. The fourth-order valence-electron chi connectivity index (χ4n) is 2.12. The summed E-state index contributed by atoms with van der Waals surface area (Å²) in [6.45, 7) is 1.94. The number of hydrogen-bond donors (Lipinski definition) is 2. The average molecular weight is 354 g/mol. The molecule has 1 amide bonds. The first kappa shape index (κ1) is 13.7. The lowest BCUT2D eigenvalue weighted by atomic mass is 10.1. The summed E-state index contributed by atoms with van der Waals surface area (Å²) in [7, 11) is 1.89. The number of hydrogen-bond acceptors (Lipinski definition) is 4. The van der Waals surface area contributed by atoms with Crippen molar-refractivity contribution in [2.75, 3.05) is 5.32 Å². The highest BCUT2D eigenvalue weighted by atomic mass is 79.9. The van der Waals surface area contributed by atoms with Crippen molar-refractivity contribution in [1.82, 2.24) is 9.78 Å². The molecule has 3 rings (SSSR count). The normalized spacial score (nSPS) is 17.2. The van der Waals surface area contributed by atoms with Crippen molar-refractivity contribution in [3.63, 3.8) is 0 Å². The van der Waals surface area contributed by atoms with Gasteiger partial charge < -0.3 is 10.4 Å². The smallest absolute Gasteiger partial charge is 0.257 e. The topological polar surface area (TPSA) is 67.2 Å². The highest BCUT2D eigenvalue weighted by Gasteiger charge is 2.29. The molecule has 1 aromatic carbocycles. The predicted octanol–water partition coefficient (Wildman–Crippen LogP) is 2.63. The molecule has 1 aliphatic heterocycles. The number of aliphatic hydroxyl groups is 1. The number of carbonyl (C=O) groups excluding carboxylic acids is 1. The van der Waals surface area contributed by atoms with Crippen molar-refractivity contribution < 1.29 is 9.90 Å². The van der Waals surface area contributed by atoms with Gasteiger partial charge in [-0.15, -0.1) is 0 Å². The molecule has 0 bridgehead atoms. The van der Waals surface area contributed by atoms with Crippen molar-refractivity contribution >= 4 is 39.3 Å². The zero-order valence-electron chi connectivity index (χ0n) is 10.8. The molecule has 0 saturated heterocycles. The molecule has 7 heteroatoms. The lowest BCUT2D eigenvalue weighted by Gasteiger charge is -2.08. The largest absolute Gasteiger partial charge is 0.378 e. The average Bonchev–Trinajstić information content (AvgIpc) is 2.83. The van der Waals surface area contributed by atoms with Gasteiger partial charge in [-0.05, 0) is 41.1 Å². The summed E-state index contributed by atoms with van der Waals surface area (Å²) in [6, 6.07) is 5.64. The number of amides is 1. The molecule has 1 aliphatic rings. The molecule has 2 aromatic rings. The van der Waals surface area contributed by atoms with Crippen LogP contribution in [0.15, 0.2) is 32.6 Å². The van der Waals surface area contributed by atoms with Crippen molar-refractivity contribution in [2.24, 2.45) is 7.05 Å². The van der Waals surface area contributed by atoms with E-state index in [4.69, 9.17) is 0 Å². The van der Waals surface area contributed by atoms with Gasteiger partial charge in [0.25, 0.3) is 5.91 Å². The maximum Gasteiger partial charge on any atom is 0.257 e. The van der Waals surface area contributed by atoms with Crippen LogP contribution in [0.3, 0.4) is 0 Å². The number of nitrogens with one attached hydrogen (secondary N) is 1. The van der Waals surface area contributed by atoms with E-state index in [-0.39, 0.29) is 5.91 Å². The molecule has 1 unspecified atom stereocenters. The summed E-state index contributed by atoms with van der Waals surface area (Å²) in [6.07, 6.45) is -1.08. The summed E-state index contributed by atoms with van der Waals surface area (Å²) < 4.78 is 2.66. The molecular weight excluding hydrogens is 342 g/mol. The van der Waals surface area contributed by atoms with Crippen molar-refractivity contribution in [1.29, 1.82) is 0 Å². The predicted molar refractivity (Wildman–Crippen MR) is 79.8 cm³/mol. The van der Waals surface area contributed by atoms with Crippen LogP contribution in [0.4, 0.5) is 5.69 Å². The summed E-state index contributed by atoms with van der Waals surface area (Å²) in [5.41, 5.74) is 2.22. The zero-order chi connectivity index (χ0) is 14.4. The Labute approximate surface area is 128 Å². The fourth-order valence-corrected chi connectivity index (χ4v) is 3.68. The van der Waals surface area contributed by atoms with E-state index in [1.165, 1.54) is 0 Å². The van der Waals surface area contributed by atoms with E-state index < -0.39 is 6.10 Å². The molecule has 5 nitrogen and oxygen atoms in total. The van der Waals surface area contributed by atoms with Gasteiger partial charge in [-0.3, -0.25) is 9.48 Å². The number of aryl methyl sites for hydroxylation is 2. The fraction of sp³-hybridized carbons (Fsp3) is 0.231. The lowest BCUT2D eigenvalue weighted by molar-refractivity contribution is -0.123. The maximum absolute atomic E-state index is 11.5. The molecule has 0 aliphatic carbocycles. The Kier molecular flexibility index (Phi) is 3.35. The van der Waals surface area contributed by atoms with Gasteiger partial charge >= 0.3 is 0 Å². The van der Waals surface area contributed by atoms with Gasteiger partial charge in [-0.2, -0.15) is 5.10 Å². The van der Waals surface area contributed by atoms with Gasteiger partial charge in [0.1, 0.15) is 0 Å². The molecule has 0 saturated carbocycles. The molecular formula is C13H12BrN3O2S. The minimum absolute atomic E-state index is 0.384. The highest BCUT2D eigenvalue weighted by molar-refractivity contribution is 9.10. The van der Waals surface area contributed by atoms with Crippen LogP contribution in [-0.4, -0.2) is 20.8 Å². The summed E-state index contributed by atoms with van der Waals surface area (Å²) in [5, 5.41) is 17.7. The molecule has 0 spiro atoms. The molecule has 1 aromatic heterocycles. The number of rotatable bonds is 2. The first-order chi connectivity index (χ1) is 9.45. The monoisotopic (exact) mass is 353 g/mol. The third-order valence-electron chi connectivity index (χ3n) is 3.08. The van der Waals surface area contributed by atoms with Crippen molar-refractivity contribution in [3.8, 4) is 0 Å². The number of aromatic nitrogens is 2. The standard InChI is InChI=1S/C13H12BrN3O2S/c1-6-3-11(17(2)16-6)20-10-5-9-7(4-8(10)14)12(18)13(19)15-9/h3-5,12,18H,1-2H3,(H,15,19). The Balaban J connectivity index is 1.98. The third kappa shape index (κ3) is 2.25. The SMILES string of the molecule is Cc1cc(Sc2cc3c(cc2Br)C(O)C(=O)N3)n(C)n1. The molecule has 0 fully saturated rings. The number of aliphatic hydroxyl groups excluding tert-OH is 1. The Bertz CT molecular complexity index is 714. The van der Waals surface area contributed by atoms with Crippen LogP contribution in [0.5, 0.6) is 0 Å². The molecule has 104 valence electrons. The highest BCUT2D eigenvalue weighted by Crippen LogP contribution is 2.41. The third-order valence-corrected chi connectivity index (χ3v) is 5.15. The Hall–Kier alpha value is -1.31. The van der Waals surface area contributed by atoms with Crippen LogP contribution in [0.2, 0.25) is 0 Å². The second kappa shape index (κ2) is 4.91. The van der Waals surface area contributed by atoms with Crippen LogP contribution in [-0.2, 0) is 11.8 Å². The first-order valence-electron chi connectivity index (χ1n) is 5.96. The van der Waals surface area contributed by atoms with Crippen LogP contribution in [0.1, 0.15) is 17.4 Å². The number of fused-ring (bicyclic) bond motifs is 1. The molecule has 1 atom stereocenters. The van der Waals surface area contributed by atoms with Gasteiger partial charge in [0, 0.05) is 27.7 Å². The minimum Gasteiger partial charge on any atom is -0.378 e. The van der Waals surface area contributed by atoms with E-state index >= 15 is 0 Å². The summed E-state index contributed by atoms with van der Waals surface area (Å²) in [4.78, 5) is 12.4. The summed E-state index contributed by atoms with van der Waals surface area (Å²) >= 11 is 5.04. The molecule has 2 heterocycles. The van der Waals surface area contributed by atoms with Crippen LogP contribution in [0.25, 0.3) is 0 Å².